The molecule has 228 valence electrons. The number of carbonyl (C=O) groups is 2. The molecule has 0 radical (unpaired) electrons. The van der Waals surface area contributed by atoms with Crippen molar-refractivity contribution >= 4 is 34.5 Å². The fourth-order valence-corrected chi connectivity index (χ4v) is 6.86. The summed E-state index contributed by atoms with van der Waals surface area (Å²) in [5.74, 6) is 2.15. The van der Waals surface area contributed by atoms with E-state index in [1.807, 2.05) is 32.2 Å². The van der Waals surface area contributed by atoms with Gasteiger partial charge in [-0.05, 0) is 54.9 Å². The van der Waals surface area contributed by atoms with Gasteiger partial charge < -0.3 is 24.9 Å². The molecule has 2 fully saturated rings. The van der Waals surface area contributed by atoms with E-state index in [1.165, 1.54) is 39.2 Å². The molecule has 9 nitrogen and oxygen atoms in total. The van der Waals surface area contributed by atoms with Crippen molar-refractivity contribution in [3.8, 4) is 10.6 Å². The fraction of sp³-hybridized carbons (Fsp3) is 0.455. The number of hydrogen-bond acceptors (Lipinski definition) is 6. The Kier molecular flexibility index (Phi) is 9.65. The Morgan fingerprint density at radius 3 is 2.51 bits per heavy atom. The Morgan fingerprint density at radius 1 is 1.02 bits per heavy atom. The van der Waals surface area contributed by atoms with Gasteiger partial charge in [-0.25, -0.2) is 14.8 Å². The Morgan fingerprint density at radius 2 is 1.77 bits per heavy atom. The SMILES string of the molecule is C=C(/C=C\C(=C)c1ccc(-c2cnc(C3CCCCC3)[nH]2)s1)c1cnc(C2CCCN2C(=O)C(NC(=O)OC)C(C)C)[nH]1. The second kappa shape index (κ2) is 13.6. The number of nitrogens with zero attached hydrogens (tertiary/aromatic N) is 3. The number of amides is 2. The lowest BCUT2D eigenvalue weighted by atomic mass is 9.89. The molecule has 0 aromatic carbocycles. The van der Waals surface area contributed by atoms with E-state index >= 15 is 0 Å². The van der Waals surface area contributed by atoms with Crippen LogP contribution in [0.5, 0.6) is 0 Å². The largest absolute Gasteiger partial charge is 0.453 e. The van der Waals surface area contributed by atoms with Gasteiger partial charge in [0.05, 0.1) is 41.8 Å². The lowest BCUT2D eigenvalue weighted by Gasteiger charge is -2.30. The van der Waals surface area contributed by atoms with Gasteiger partial charge in [-0.15, -0.1) is 11.3 Å². The smallest absolute Gasteiger partial charge is 0.407 e. The number of aromatic amines is 2. The number of H-pyrrole nitrogens is 2. The average Bonchev–Trinajstić information content (AvgIpc) is 3.84. The summed E-state index contributed by atoms with van der Waals surface area (Å²) in [6, 6.07) is 3.35. The molecular weight excluding hydrogens is 560 g/mol. The van der Waals surface area contributed by atoms with E-state index in [1.54, 1.807) is 22.4 Å². The highest BCUT2D eigenvalue weighted by Crippen LogP contribution is 2.35. The van der Waals surface area contributed by atoms with Gasteiger partial charge in [0.15, 0.2) is 0 Å². The number of rotatable bonds is 10. The first-order valence-electron chi connectivity index (χ1n) is 15.2. The van der Waals surface area contributed by atoms with E-state index in [4.69, 9.17) is 4.74 Å². The molecule has 0 bridgehead atoms. The molecule has 1 aliphatic heterocycles. The Balaban J connectivity index is 1.21. The number of ether oxygens (including phenoxy) is 1. The van der Waals surface area contributed by atoms with Crippen molar-refractivity contribution in [2.75, 3.05) is 13.7 Å². The zero-order valence-corrected chi connectivity index (χ0v) is 26.1. The number of alkyl carbamates (subject to hydrolysis) is 1. The minimum Gasteiger partial charge on any atom is -0.453 e. The number of carbonyl (C=O) groups excluding carboxylic acids is 2. The van der Waals surface area contributed by atoms with E-state index in [2.05, 4.69) is 50.5 Å². The number of nitrogens with one attached hydrogen (secondary N) is 3. The summed E-state index contributed by atoms with van der Waals surface area (Å²) < 4.78 is 4.73. The van der Waals surface area contributed by atoms with Gasteiger partial charge in [-0.2, -0.15) is 0 Å². The molecule has 1 saturated heterocycles. The van der Waals surface area contributed by atoms with Crippen LogP contribution < -0.4 is 5.32 Å². The van der Waals surface area contributed by atoms with Crippen molar-refractivity contribution in [1.29, 1.82) is 0 Å². The molecule has 4 heterocycles. The fourth-order valence-electron chi connectivity index (χ4n) is 5.94. The number of aromatic nitrogens is 4. The predicted molar refractivity (Wildman–Crippen MR) is 171 cm³/mol. The molecule has 3 aromatic rings. The minimum absolute atomic E-state index is 0.0871. The summed E-state index contributed by atoms with van der Waals surface area (Å²) in [7, 11) is 1.29. The highest BCUT2D eigenvalue weighted by molar-refractivity contribution is 7.16. The van der Waals surface area contributed by atoms with Crippen LogP contribution in [-0.4, -0.2) is 56.5 Å². The zero-order chi connectivity index (χ0) is 30.5. The van der Waals surface area contributed by atoms with Gasteiger partial charge >= 0.3 is 6.09 Å². The summed E-state index contributed by atoms with van der Waals surface area (Å²) in [5, 5.41) is 2.69. The molecule has 2 aliphatic rings. The molecule has 1 aliphatic carbocycles. The van der Waals surface area contributed by atoms with Crippen LogP contribution in [0.25, 0.3) is 21.7 Å². The summed E-state index contributed by atoms with van der Waals surface area (Å²) in [6.45, 7) is 12.9. The van der Waals surface area contributed by atoms with Crippen LogP contribution >= 0.6 is 11.3 Å². The average molecular weight is 603 g/mol. The Bertz CT molecular complexity index is 1490. The van der Waals surface area contributed by atoms with Crippen LogP contribution in [0.3, 0.4) is 0 Å². The number of likely N-dealkylation sites (tertiary alicyclic amines) is 1. The van der Waals surface area contributed by atoms with Crippen molar-refractivity contribution in [2.24, 2.45) is 5.92 Å². The molecule has 2 unspecified atom stereocenters. The van der Waals surface area contributed by atoms with Crippen LogP contribution in [0.2, 0.25) is 0 Å². The van der Waals surface area contributed by atoms with Gasteiger partial charge in [0, 0.05) is 17.3 Å². The van der Waals surface area contributed by atoms with E-state index in [0.29, 0.717) is 18.3 Å². The predicted octanol–water partition coefficient (Wildman–Crippen LogP) is 7.24. The quantitative estimate of drug-likeness (QED) is 0.212. The summed E-state index contributed by atoms with van der Waals surface area (Å²) in [5.41, 5.74) is 3.51. The first-order chi connectivity index (χ1) is 20.7. The number of methoxy groups -OCH3 is 1. The van der Waals surface area contributed by atoms with E-state index in [0.717, 1.165) is 51.0 Å². The highest BCUT2D eigenvalue weighted by Gasteiger charge is 2.37. The molecule has 2 amide bonds. The third-order valence-electron chi connectivity index (χ3n) is 8.45. The van der Waals surface area contributed by atoms with Crippen molar-refractivity contribution in [3.05, 3.63) is 72.1 Å². The molecule has 43 heavy (non-hydrogen) atoms. The first kappa shape index (κ1) is 30.5. The second-order valence-corrected chi connectivity index (χ2v) is 12.9. The van der Waals surface area contributed by atoms with Gasteiger partial charge in [-0.1, -0.05) is 58.4 Å². The first-order valence-corrected chi connectivity index (χ1v) is 16.0. The normalized spacial score (nSPS) is 18.3. The van der Waals surface area contributed by atoms with Gasteiger partial charge in [0.1, 0.15) is 17.7 Å². The molecular formula is C33H42N6O3S. The molecule has 3 N–H and O–H groups in total. The maximum absolute atomic E-state index is 13.4. The third kappa shape index (κ3) is 7.01. The lowest BCUT2D eigenvalue weighted by Crippen LogP contribution is -2.51. The van der Waals surface area contributed by atoms with E-state index in [9.17, 15) is 9.59 Å². The third-order valence-corrected chi connectivity index (χ3v) is 9.64. The number of hydrogen-bond donors (Lipinski definition) is 3. The number of allylic oxidation sites excluding steroid dienone is 4. The van der Waals surface area contributed by atoms with Crippen LogP contribution in [-0.2, 0) is 9.53 Å². The van der Waals surface area contributed by atoms with Crippen molar-refractivity contribution in [1.82, 2.24) is 30.2 Å². The maximum atomic E-state index is 13.4. The second-order valence-electron chi connectivity index (χ2n) is 11.8. The van der Waals surface area contributed by atoms with Gasteiger partial charge in [0.2, 0.25) is 5.91 Å². The Hall–Kier alpha value is -3.92. The monoisotopic (exact) mass is 602 g/mol. The van der Waals surface area contributed by atoms with Gasteiger partial charge in [0.25, 0.3) is 0 Å². The molecule has 10 heteroatoms. The van der Waals surface area contributed by atoms with Crippen LogP contribution in [0.4, 0.5) is 4.79 Å². The molecule has 3 aromatic heterocycles. The number of thiophene rings is 1. The minimum atomic E-state index is -0.670. The van der Waals surface area contributed by atoms with Crippen molar-refractivity contribution in [3.63, 3.8) is 0 Å². The maximum Gasteiger partial charge on any atom is 0.407 e. The van der Waals surface area contributed by atoms with E-state index in [-0.39, 0.29) is 17.9 Å². The molecule has 0 spiro atoms. The van der Waals surface area contributed by atoms with Crippen molar-refractivity contribution in [2.45, 2.75) is 76.8 Å². The summed E-state index contributed by atoms with van der Waals surface area (Å²) in [6.07, 6.45) is 15.0. The van der Waals surface area contributed by atoms with Crippen LogP contribution in [0, 0.1) is 5.92 Å². The lowest BCUT2D eigenvalue weighted by molar-refractivity contribution is -0.135. The van der Waals surface area contributed by atoms with Crippen LogP contribution in [0.1, 0.15) is 93.0 Å². The highest BCUT2D eigenvalue weighted by atomic mass is 32.1. The van der Waals surface area contributed by atoms with Gasteiger partial charge in [-0.3, -0.25) is 4.79 Å². The molecule has 5 rings (SSSR count). The van der Waals surface area contributed by atoms with Crippen LogP contribution in [0.15, 0.2) is 49.8 Å². The van der Waals surface area contributed by atoms with Crippen molar-refractivity contribution < 1.29 is 14.3 Å². The molecule has 2 atom stereocenters. The summed E-state index contributed by atoms with van der Waals surface area (Å²) >= 11 is 1.69. The zero-order valence-electron chi connectivity index (χ0n) is 25.3. The molecule has 1 saturated carbocycles. The topological polar surface area (TPSA) is 116 Å². The van der Waals surface area contributed by atoms with E-state index < -0.39 is 12.1 Å². The standard InChI is InChI=1S/C33H42N6O3S/c1-20(2)29(38-33(41)42-5)32(40)39-17-9-12-26(39)31-35-18-24(36-31)21(3)13-14-22(4)27-15-16-28(43-27)25-19-34-30(37-25)23-10-7-6-8-11-23/h13-16,18-20,23,26,29H,3-4,6-12,17H2,1-2,5H3,(H,34,37)(H,35,36)(H,38,41)/b14-13-. The summed E-state index contributed by atoms with van der Waals surface area (Å²) in [4.78, 5) is 45.5. The number of imidazole rings is 2. The Labute approximate surface area is 257 Å².